The van der Waals surface area contributed by atoms with Crippen LogP contribution < -0.4 is 5.73 Å². The van der Waals surface area contributed by atoms with Crippen molar-refractivity contribution in [3.05, 3.63) is 15.8 Å². The molecular formula is C10H13IN6. The van der Waals surface area contributed by atoms with Crippen LogP contribution in [-0.4, -0.2) is 25.2 Å². The standard InChI is InChI=1S/C10H13IN6/c1-2-3-4-17-15-10(14-16-17)7-5-8(11)9(12)13-6-7/h5-6H,2-4H2,1H3,(H2,12,13). The highest BCUT2D eigenvalue weighted by Gasteiger charge is 2.08. The van der Waals surface area contributed by atoms with E-state index in [1.165, 1.54) is 0 Å². The summed E-state index contributed by atoms with van der Waals surface area (Å²) < 4.78 is 0.894. The van der Waals surface area contributed by atoms with Gasteiger partial charge in [-0.05, 0) is 40.3 Å². The third kappa shape index (κ3) is 2.90. The zero-order valence-corrected chi connectivity index (χ0v) is 11.6. The fourth-order valence-electron chi connectivity index (χ4n) is 1.32. The van der Waals surface area contributed by atoms with E-state index in [-0.39, 0.29) is 0 Å². The lowest BCUT2D eigenvalue weighted by molar-refractivity contribution is 0.496. The summed E-state index contributed by atoms with van der Waals surface area (Å²) in [7, 11) is 0. The molecule has 0 atom stereocenters. The lowest BCUT2D eigenvalue weighted by Gasteiger charge is -1.98. The van der Waals surface area contributed by atoms with Crippen molar-refractivity contribution in [1.29, 1.82) is 0 Å². The van der Waals surface area contributed by atoms with Crippen LogP contribution in [0, 0.1) is 3.57 Å². The summed E-state index contributed by atoms with van der Waals surface area (Å²) in [6.45, 7) is 2.92. The Morgan fingerprint density at radius 1 is 1.47 bits per heavy atom. The summed E-state index contributed by atoms with van der Waals surface area (Å²) in [6, 6.07) is 1.91. The molecule has 17 heavy (non-hydrogen) atoms. The second-order valence-corrected chi connectivity index (χ2v) is 4.82. The topological polar surface area (TPSA) is 82.5 Å². The number of hydrogen-bond donors (Lipinski definition) is 1. The van der Waals surface area contributed by atoms with Crippen molar-refractivity contribution in [3.63, 3.8) is 0 Å². The van der Waals surface area contributed by atoms with Crippen LogP contribution in [0.4, 0.5) is 5.82 Å². The number of aromatic nitrogens is 5. The van der Waals surface area contributed by atoms with Crippen molar-refractivity contribution in [2.45, 2.75) is 26.3 Å². The quantitative estimate of drug-likeness (QED) is 0.854. The SMILES string of the molecule is CCCCn1nnc(-c2cnc(N)c(I)c2)n1. The molecule has 0 spiro atoms. The molecule has 0 saturated carbocycles. The van der Waals surface area contributed by atoms with Gasteiger partial charge in [0, 0.05) is 11.8 Å². The molecular weight excluding hydrogens is 331 g/mol. The van der Waals surface area contributed by atoms with Crippen LogP contribution in [0.15, 0.2) is 12.3 Å². The monoisotopic (exact) mass is 344 g/mol. The van der Waals surface area contributed by atoms with Crippen LogP contribution in [0.5, 0.6) is 0 Å². The van der Waals surface area contributed by atoms with E-state index in [1.807, 2.05) is 6.07 Å². The number of aryl methyl sites for hydroxylation is 1. The van der Waals surface area contributed by atoms with Gasteiger partial charge in [0.15, 0.2) is 0 Å². The second kappa shape index (κ2) is 5.39. The number of unbranched alkanes of at least 4 members (excludes halogenated alkanes) is 1. The highest BCUT2D eigenvalue weighted by molar-refractivity contribution is 14.1. The molecule has 0 aliphatic carbocycles. The number of rotatable bonds is 4. The molecule has 0 bridgehead atoms. The molecule has 2 N–H and O–H groups in total. The van der Waals surface area contributed by atoms with Gasteiger partial charge in [-0.2, -0.15) is 4.80 Å². The Hall–Kier alpha value is -1.25. The first-order chi connectivity index (χ1) is 8.20. The third-order valence-electron chi connectivity index (χ3n) is 2.29. The van der Waals surface area contributed by atoms with Gasteiger partial charge in [-0.3, -0.25) is 0 Å². The molecule has 2 heterocycles. The molecule has 0 aliphatic heterocycles. The van der Waals surface area contributed by atoms with E-state index < -0.39 is 0 Å². The lowest BCUT2D eigenvalue weighted by atomic mass is 10.3. The summed E-state index contributed by atoms with van der Waals surface area (Å²) in [5, 5.41) is 12.3. The van der Waals surface area contributed by atoms with Crippen molar-refractivity contribution in [3.8, 4) is 11.4 Å². The van der Waals surface area contributed by atoms with E-state index in [0.717, 1.165) is 28.5 Å². The normalized spacial score (nSPS) is 10.7. The lowest BCUT2D eigenvalue weighted by Crippen LogP contribution is -2.02. The first kappa shape index (κ1) is 12.2. The number of nitrogen functional groups attached to an aromatic ring is 1. The Labute approximate surface area is 113 Å². The number of tetrazole rings is 1. The van der Waals surface area contributed by atoms with Crippen LogP contribution in [-0.2, 0) is 6.54 Å². The molecule has 90 valence electrons. The van der Waals surface area contributed by atoms with E-state index in [0.29, 0.717) is 11.6 Å². The Morgan fingerprint density at radius 3 is 3.00 bits per heavy atom. The zero-order valence-electron chi connectivity index (χ0n) is 9.47. The second-order valence-electron chi connectivity index (χ2n) is 3.65. The highest BCUT2D eigenvalue weighted by Crippen LogP contribution is 2.19. The van der Waals surface area contributed by atoms with Crippen molar-refractivity contribution in [1.82, 2.24) is 25.2 Å². The molecule has 2 rings (SSSR count). The minimum atomic E-state index is 0.521. The summed E-state index contributed by atoms with van der Waals surface area (Å²) in [5.74, 6) is 1.11. The van der Waals surface area contributed by atoms with Gasteiger partial charge in [0.2, 0.25) is 5.82 Å². The van der Waals surface area contributed by atoms with E-state index in [2.05, 4.69) is 49.9 Å². The van der Waals surface area contributed by atoms with Crippen LogP contribution in [0.25, 0.3) is 11.4 Å². The average Bonchev–Trinajstić information content (AvgIpc) is 2.79. The summed E-state index contributed by atoms with van der Waals surface area (Å²) >= 11 is 2.14. The maximum atomic E-state index is 5.66. The van der Waals surface area contributed by atoms with Gasteiger partial charge in [0.05, 0.1) is 10.1 Å². The van der Waals surface area contributed by atoms with Crippen molar-refractivity contribution in [2.24, 2.45) is 0 Å². The predicted molar refractivity (Wildman–Crippen MR) is 73.1 cm³/mol. The van der Waals surface area contributed by atoms with Gasteiger partial charge in [-0.25, -0.2) is 4.98 Å². The molecule has 0 amide bonds. The molecule has 7 heteroatoms. The van der Waals surface area contributed by atoms with Gasteiger partial charge in [-0.15, -0.1) is 10.2 Å². The third-order valence-corrected chi connectivity index (χ3v) is 3.16. The van der Waals surface area contributed by atoms with Crippen LogP contribution in [0.3, 0.4) is 0 Å². The molecule has 0 unspecified atom stereocenters. The van der Waals surface area contributed by atoms with Gasteiger partial charge in [-0.1, -0.05) is 13.3 Å². The maximum absolute atomic E-state index is 5.66. The Balaban J connectivity index is 2.21. The number of nitrogens with zero attached hydrogens (tertiary/aromatic N) is 5. The molecule has 6 nitrogen and oxygen atoms in total. The predicted octanol–water partition coefficient (Wildman–Crippen LogP) is 1.72. The fourth-order valence-corrected chi connectivity index (χ4v) is 1.80. The Morgan fingerprint density at radius 2 is 2.29 bits per heavy atom. The number of anilines is 1. The van der Waals surface area contributed by atoms with Crippen LogP contribution >= 0.6 is 22.6 Å². The van der Waals surface area contributed by atoms with Gasteiger partial charge in [0.25, 0.3) is 0 Å². The Kier molecular flexibility index (Phi) is 3.87. The van der Waals surface area contributed by atoms with E-state index in [1.54, 1.807) is 11.0 Å². The highest BCUT2D eigenvalue weighted by atomic mass is 127. The maximum Gasteiger partial charge on any atom is 0.206 e. The number of halogens is 1. The van der Waals surface area contributed by atoms with Crippen molar-refractivity contribution in [2.75, 3.05) is 5.73 Å². The van der Waals surface area contributed by atoms with Gasteiger partial charge >= 0.3 is 0 Å². The Bertz CT molecular complexity index is 509. The molecule has 0 aromatic carbocycles. The molecule has 2 aromatic heterocycles. The summed E-state index contributed by atoms with van der Waals surface area (Å²) in [6.07, 6.45) is 3.82. The fraction of sp³-hybridized carbons (Fsp3) is 0.400. The molecule has 2 aromatic rings. The number of pyridine rings is 1. The van der Waals surface area contributed by atoms with E-state index in [9.17, 15) is 0 Å². The van der Waals surface area contributed by atoms with E-state index in [4.69, 9.17) is 5.73 Å². The minimum absolute atomic E-state index is 0.521. The van der Waals surface area contributed by atoms with E-state index >= 15 is 0 Å². The summed E-state index contributed by atoms with van der Waals surface area (Å²) in [5.41, 5.74) is 6.50. The molecule has 0 fully saturated rings. The van der Waals surface area contributed by atoms with Crippen molar-refractivity contribution >= 4 is 28.4 Å². The first-order valence-corrected chi connectivity index (χ1v) is 6.47. The average molecular weight is 344 g/mol. The largest absolute Gasteiger partial charge is 0.383 e. The zero-order chi connectivity index (χ0) is 12.3. The van der Waals surface area contributed by atoms with Gasteiger partial charge < -0.3 is 5.73 Å². The number of nitrogens with two attached hydrogens (primary N) is 1. The van der Waals surface area contributed by atoms with Crippen LogP contribution in [0.2, 0.25) is 0 Å². The first-order valence-electron chi connectivity index (χ1n) is 5.40. The van der Waals surface area contributed by atoms with Crippen LogP contribution in [0.1, 0.15) is 19.8 Å². The molecule has 0 saturated heterocycles. The van der Waals surface area contributed by atoms with Crippen molar-refractivity contribution < 1.29 is 0 Å². The minimum Gasteiger partial charge on any atom is -0.383 e. The molecule has 0 aliphatic rings. The summed E-state index contributed by atoms with van der Waals surface area (Å²) in [4.78, 5) is 5.69. The smallest absolute Gasteiger partial charge is 0.206 e. The molecule has 0 radical (unpaired) electrons. The van der Waals surface area contributed by atoms with Gasteiger partial charge in [0.1, 0.15) is 5.82 Å². The number of hydrogen-bond acceptors (Lipinski definition) is 5.